The van der Waals surface area contributed by atoms with E-state index in [1.165, 1.54) is 4.90 Å². The van der Waals surface area contributed by atoms with Gasteiger partial charge >= 0.3 is 0 Å². The highest BCUT2D eigenvalue weighted by Crippen LogP contribution is 2.43. The van der Waals surface area contributed by atoms with E-state index in [1.807, 2.05) is 67.5 Å². The fraction of sp³-hybridized carbons (Fsp3) is 0.200. The van der Waals surface area contributed by atoms with E-state index >= 15 is 8.78 Å². The number of carbonyl (C=O) groups is 2. The molecular formula is C35H33F2N3O2. The monoisotopic (exact) mass is 565 g/mol. The lowest BCUT2D eigenvalue weighted by atomic mass is 9.96. The molecule has 7 heteroatoms. The number of anilines is 2. The number of rotatable bonds is 7. The summed E-state index contributed by atoms with van der Waals surface area (Å²) in [6.07, 6.45) is 1.60. The van der Waals surface area contributed by atoms with Gasteiger partial charge in [-0.1, -0.05) is 72.8 Å². The lowest BCUT2D eigenvalue weighted by molar-refractivity contribution is 0.0599. The Hall–Kier alpha value is -4.62. The topological polar surface area (TPSA) is 52.6 Å². The molecule has 0 bridgehead atoms. The summed E-state index contributed by atoms with van der Waals surface area (Å²) in [7, 11) is 3.80. The normalized spacial score (nSPS) is 15.3. The van der Waals surface area contributed by atoms with Crippen molar-refractivity contribution in [3.8, 4) is 11.1 Å². The van der Waals surface area contributed by atoms with Crippen molar-refractivity contribution >= 4 is 28.8 Å². The van der Waals surface area contributed by atoms with E-state index in [-0.39, 0.29) is 23.9 Å². The second kappa shape index (κ2) is 12.5. The number of allylic oxidation sites excluding steroid dienone is 1. The Labute approximate surface area is 245 Å². The Balaban J connectivity index is 1.37. The number of hydrogen-bond donors (Lipinski definition) is 1. The number of para-hydroxylation sites is 1. The zero-order valence-electron chi connectivity index (χ0n) is 23.7. The number of carbonyl (C=O) groups excluding carboxylic acids is 2. The second-order valence-electron chi connectivity index (χ2n) is 10.6. The van der Waals surface area contributed by atoms with E-state index in [4.69, 9.17) is 0 Å². The van der Waals surface area contributed by atoms with Gasteiger partial charge in [0.05, 0.1) is 5.69 Å². The molecule has 0 aromatic heterocycles. The zero-order valence-corrected chi connectivity index (χ0v) is 23.7. The van der Waals surface area contributed by atoms with Crippen molar-refractivity contribution in [2.45, 2.75) is 18.8 Å². The van der Waals surface area contributed by atoms with Crippen LogP contribution in [0.2, 0.25) is 0 Å². The molecule has 42 heavy (non-hydrogen) atoms. The predicted molar refractivity (Wildman–Crippen MR) is 165 cm³/mol. The molecule has 4 aromatic rings. The minimum absolute atomic E-state index is 0.0379. The maximum atomic E-state index is 15.4. The highest BCUT2D eigenvalue weighted by atomic mass is 19.3. The van der Waals surface area contributed by atoms with E-state index in [1.54, 1.807) is 60.7 Å². The highest BCUT2D eigenvalue weighted by Gasteiger charge is 2.40. The van der Waals surface area contributed by atoms with Crippen LogP contribution in [0.25, 0.3) is 16.7 Å². The van der Waals surface area contributed by atoms with Crippen LogP contribution in [0, 0.1) is 0 Å². The molecule has 0 saturated carbocycles. The maximum absolute atomic E-state index is 15.4. The standard InChI is InChI=1S/C35H33F2N3O2/c1-39(2)23-10-16-31-30-15-8-9-17-32(30)40(24-22-35(31,36)37)34(42)26-18-20-27(21-19-26)38-33(41)29-14-7-6-13-28(29)25-11-4-3-5-12-25/h3-9,11-21H,10,22-24H2,1-2H3,(H,38,41). The fourth-order valence-corrected chi connectivity index (χ4v) is 5.18. The third kappa shape index (κ3) is 6.31. The summed E-state index contributed by atoms with van der Waals surface area (Å²) in [5.41, 5.74) is 3.93. The molecule has 1 aliphatic heterocycles. The molecule has 214 valence electrons. The molecule has 5 rings (SSSR count). The van der Waals surface area contributed by atoms with Crippen molar-refractivity contribution in [1.29, 1.82) is 0 Å². The fourth-order valence-electron chi connectivity index (χ4n) is 5.18. The van der Waals surface area contributed by atoms with E-state index in [0.29, 0.717) is 41.0 Å². The van der Waals surface area contributed by atoms with Crippen LogP contribution in [-0.2, 0) is 0 Å². The first-order valence-electron chi connectivity index (χ1n) is 13.9. The summed E-state index contributed by atoms with van der Waals surface area (Å²) in [5.74, 6) is -3.72. The first-order valence-corrected chi connectivity index (χ1v) is 13.9. The molecule has 0 aliphatic carbocycles. The van der Waals surface area contributed by atoms with Gasteiger partial charge in [-0.15, -0.1) is 0 Å². The summed E-state index contributed by atoms with van der Waals surface area (Å²) in [4.78, 5) is 30.2. The summed E-state index contributed by atoms with van der Waals surface area (Å²) >= 11 is 0. The number of hydrogen-bond acceptors (Lipinski definition) is 3. The van der Waals surface area contributed by atoms with Crippen molar-refractivity contribution in [3.63, 3.8) is 0 Å². The molecule has 0 saturated heterocycles. The summed E-state index contributed by atoms with van der Waals surface area (Å²) in [6.45, 7) is 0.522. The van der Waals surface area contributed by atoms with E-state index in [9.17, 15) is 9.59 Å². The molecule has 0 atom stereocenters. The van der Waals surface area contributed by atoms with Crippen LogP contribution < -0.4 is 10.2 Å². The number of nitrogens with zero attached hydrogens (tertiary/aromatic N) is 2. The van der Waals surface area contributed by atoms with Gasteiger partial charge in [-0.3, -0.25) is 9.59 Å². The number of benzene rings is 4. The van der Waals surface area contributed by atoms with Gasteiger partial charge in [0.1, 0.15) is 0 Å². The second-order valence-corrected chi connectivity index (χ2v) is 10.6. The van der Waals surface area contributed by atoms with Gasteiger partial charge in [0, 0.05) is 47.5 Å². The third-order valence-corrected chi connectivity index (χ3v) is 7.34. The quantitative estimate of drug-likeness (QED) is 0.251. The lowest BCUT2D eigenvalue weighted by Crippen LogP contribution is -2.33. The Kier molecular flexibility index (Phi) is 8.59. The number of amides is 2. The molecule has 0 radical (unpaired) electrons. The SMILES string of the molecule is CN(C)CCC=C1c2ccccc2N(C(=O)c2ccc(NC(=O)c3ccccc3-c3ccccc3)cc2)CCC1(F)F. The third-order valence-electron chi connectivity index (χ3n) is 7.34. The van der Waals surface area contributed by atoms with Crippen LogP contribution in [-0.4, -0.2) is 49.8 Å². The van der Waals surface area contributed by atoms with Crippen LogP contribution in [0.1, 0.15) is 39.1 Å². The molecule has 1 heterocycles. The average molecular weight is 566 g/mol. The summed E-state index contributed by atoms with van der Waals surface area (Å²) < 4.78 is 30.7. The van der Waals surface area contributed by atoms with E-state index in [0.717, 1.165) is 11.1 Å². The molecule has 5 nitrogen and oxygen atoms in total. The molecule has 0 unspecified atom stereocenters. The summed E-state index contributed by atoms with van der Waals surface area (Å²) in [5, 5.41) is 2.91. The van der Waals surface area contributed by atoms with Crippen molar-refractivity contribution in [2.24, 2.45) is 0 Å². The number of alkyl halides is 2. The van der Waals surface area contributed by atoms with Gasteiger partial charge in [0.25, 0.3) is 17.7 Å². The van der Waals surface area contributed by atoms with Crippen molar-refractivity contribution < 1.29 is 18.4 Å². The van der Waals surface area contributed by atoms with Crippen molar-refractivity contribution in [2.75, 3.05) is 37.4 Å². The first-order chi connectivity index (χ1) is 20.2. The van der Waals surface area contributed by atoms with Gasteiger partial charge in [-0.05, 0) is 68.0 Å². The molecule has 2 amide bonds. The molecule has 0 spiro atoms. The van der Waals surface area contributed by atoms with Crippen LogP contribution in [0.15, 0.2) is 109 Å². The van der Waals surface area contributed by atoms with E-state index in [2.05, 4.69) is 5.32 Å². The van der Waals surface area contributed by atoms with Gasteiger partial charge in [-0.2, -0.15) is 0 Å². The van der Waals surface area contributed by atoms with Crippen LogP contribution in [0.5, 0.6) is 0 Å². The van der Waals surface area contributed by atoms with Crippen molar-refractivity contribution in [1.82, 2.24) is 4.90 Å². The molecule has 4 aromatic carbocycles. The van der Waals surface area contributed by atoms with Crippen LogP contribution in [0.3, 0.4) is 0 Å². The molecule has 1 N–H and O–H groups in total. The minimum Gasteiger partial charge on any atom is -0.322 e. The van der Waals surface area contributed by atoms with Crippen molar-refractivity contribution in [3.05, 3.63) is 126 Å². The first kappa shape index (κ1) is 28.9. The number of nitrogens with one attached hydrogen (secondary N) is 1. The average Bonchev–Trinajstić information content (AvgIpc) is 3.11. The Morgan fingerprint density at radius 3 is 2.21 bits per heavy atom. The van der Waals surface area contributed by atoms with Gasteiger partial charge in [0.15, 0.2) is 0 Å². The van der Waals surface area contributed by atoms with Crippen LogP contribution >= 0.6 is 0 Å². The van der Waals surface area contributed by atoms with E-state index < -0.39 is 12.3 Å². The molecular weight excluding hydrogens is 532 g/mol. The smallest absolute Gasteiger partial charge is 0.275 e. The van der Waals surface area contributed by atoms with Gasteiger partial charge < -0.3 is 15.1 Å². The van der Waals surface area contributed by atoms with Gasteiger partial charge in [0.2, 0.25) is 0 Å². The van der Waals surface area contributed by atoms with Gasteiger partial charge in [-0.25, -0.2) is 8.78 Å². The molecule has 1 aliphatic rings. The zero-order chi connectivity index (χ0) is 29.7. The summed E-state index contributed by atoms with van der Waals surface area (Å²) in [6, 6.07) is 30.4. The predicted octanol–water partition coefficient (Wildman–Crippen LogP) is 7.63. The Morgan fingerprint density at radius 2 is 1.50 bits per heavy atom. The maximum Gasteiger partial charge on any atom is 0.275 e. The number of fused-ring (bicyclic) bond motifs is 1. The Morgan fingerprint density at radius 1 is 0.857 bits per heavy atom. The Bertz CT molecular complexity index is 1600. The van der Waals surface area contributed by atoms with Crippen LogP contribution in [0.4, 0.5) is 20.2 Å². The number of halogens is 2. The molecule has 0 fully saturated rings. The highest BCUT2D eigenvalue weighted by molar-refractivity contribution is 6.10. The minimum atomic E-state index is -3.07. The lowest BCUT2D eigenvalue weighted by Gasteiger charge is -2.23. The largest absolute Gasteiger partial charge is 0.322 e.